The number of rotatable bonds is 4. The van der Waals surface area contributed by atoms with E-state index in [1.807, 2.05) is 27.7 Å². The summed E-state index contributed by atoms with van der Waals surface area (Å²) in [6.07, 6.45) is -9.44. The van der Waals surface area contributed by atoms with Gasteiger partial charge in [-0.1, -0.05) is 27.0 Å². The molecule has 10 heteroatoms. The third kappa shape index (κ3) is 20.5. The fourth-order valence-corrected chi connectivity index (χ4v) is 1.21. The zero-order valence-corrected chi connectivity index (χ0v) is 17.1. The van der Waals surface area contributed by atoms with Gasteiger partial charge in [-0.05, 0) is 41.6 Å². The van der Waals surface area contributed by atoms with Gasteiger partial charge < -0.3 is 9.47 Å². The topological polar surface area (TPSA) is 18.5 Å². The minimum absolute atomic E-state index is 0. The number of ether oxygens (including phenoxy) is 2. The largest absolute Gasteiger partial charge is 1.00 e. The van der Waals surface area contributed by atoms with E-state index in [2.05, 4.69) is 0 Å². The second-order valence-corrected chi connectivity index (χ2v) is 4.07. The van der Waals surface area contributed by atoms with Crippen molar-refractivity contribution in [3.05, 3.63) is 29.3 Å². The van der Waals surface area contributed by atoms with Crippen LogP contribution < -0.4 is 35.0 Å². The molecule has 1 aromatic carbocycles. The Bertz CT molecular complexity index is 426. The quantitative estimate of drug-likeness (QED) is 0.538. The molecule has 164 valence electrons. The summed E-state index contributed by atoms with van der Waals surface area (Å²) in [6.45, 7) is 11.3. The summed E-state index contributed by atoms with van der Waals surface area (Å²) in [5.41, 5.74) is -2.26. The normalized spacial score (nSPS) is 9.96. The van der Waals surface area contributed by atoms with Crippen molar-refractivity contribution in [2.75, 3.05) is 26.4 Å². The molecule has 0 saturated heterocycles. The van der Waals surface area contributed by atoms with Crippen molar-refractivity contribution >= 4 is 13.3 Å². The van der Waals surface area contributed by atoms with Crippen LogP contribution in [0.25, 0.3) is 0 Å². The number of hydrogen-bond acceptors (Lipinski definition) is 2. The van der Waals surface area contributed by atoms with Crippen LogP contribution in [-0.4, -0.2) is 34.3 Å². The summed E-state index contributed by atoms with van der Waals surface area (Å²) in [6, 6.07) is 1.72. The van der Waals surface area contributed by atoms with Crippen molar-refractivity contribution in [1.29, 1.82) is 0 Å². The molecule has 0 spiro atoms. The monoisotopic (exact) mass is 430 g/mol. The fraction of sp³-hybridized carbons (Fsp3) is 0.667. The van der Waals surface area contributed by atoms with Gasteiger partial charge in [0, 0.05) is 26.4 Å². The van der Waals surface area contributed by atoms with E-state index in [1.54, 1.807) is 0 Å². The van der Waals surface area contributed by atoms with Crippen molar-refractivity contribution in [3.8, 4) is 0 Å². The second kappa shape index (κ2) is 20.1. The molecule has 0 aromatic heterocycles. The van der Waals surface area contributed by atoms with Crippen LogP contribution in [0.2, 0.25) is 0 Å². The first kappa shape index (κ1) is 38.4. The van der Waals surface area contributed by atoms with Crippen molar-refractivity contribution in [2.45, 2.75) is 54.9 Å². The third-order valence-corrected chi connectivity index (χ3v) is 2.26. The Labute approximate surface area is 189 Å². The summed E-state index contributed by atoms with van der Waals surface area (Å²) in [5.74, 6) is 0. The Morgan fingerprint density at radius 2 is 0.929 bits per heavy atom. The zero-order chi connectivity index (χ0) is 20.1. The number of hydrogen-bond donors (Lipinski definition) is 0. The van der Waals surface area contributed by atoms with Gasteiger partial charge in [-0.2, -0.15) is 26.3 Å². The predicted molar refractivity (Wildman–Crippen MR) is 104 cm³/mol. The van der Waals surface area contributed by atoms with Crippen LogP contribution in [0.4, 0.5) is 26.3 Å². The summed E-state index contributed by atoms with van der Waals surface area (Å²) >= 11 is 0. The molecule has 0 fully saturated rings. The van der Waals surface area contributed by atoms with Crippen LogP contribution in [0.1, 0.15) is 53.7 Å². The van der Waals surface area contributed by atoms with E-state index in [0.717, 1.165) is 38.6 Å². The summed E-state index contributed by atoms with van der Waals surface area (Å²) in [4.78, 5) is 0. The maximum Gasteiger partial charge on any atom is 1.00 e. The summed E-state index contributed by atoms with van der Waals surface area (Å²) in [7, 11) is -0.699. The van der Waals surface area contributed by atoms with Crippen LogP contribution in [0.15, 0.2) is 18.2 Å². The van der Waals surface area contributed by atoms with Gasteiger partial charge in [0.15, 0.2) is 0 Å². The molecule has 0 amide bonds. The average Bonchev–Trinajstić information content (AvgIpc) is 2.48. The summed E-state index contributed by atoms with van der Waals surface area (Å²) < 4.78 is 82.8. The molecule has 1 rings (SSSR count). The van der Waals surface area contributed by atoms with Crippen LogP contribution in [0.5, 0.6) is 0 Å². The predicted octanol–water partition coefficient (Wildman–Crippen LogP) is 2.08. The van der Waals surface area contributed by atoms with Crippen molar-refractivity contribution in [2.24, 2.45) is 0 Å². The van der Waals surface area contributed by atoms with Crippen LogP contribution in [0.3, 0.4) is 0 Å². The van der Waals surface area contributed by atoms with Gasteiger partial charge in [0.2, 0.25) is 0 Å². The molecule has 28 heavy (non-hydrogen) atoms. The van der Waals surface area contributed by atoms with E-state index >= 15 is 0 Å². The Kier molecular flexibility index (Phi) is 27.5. The molecule has 1 aromatic rings. The van der Waals surface area contributed by atoms with Crippen molar-refractivity contribution < 1.29 is 65.4 Å². The van der Waals surface area contributed by atoms with Gasteiger partial charge in [-0.25, -0.2) is 5.46 Å². The van der Waals surface area contributed by atoms with Gasteiger partial charge in [0.25, 0.3) is 0 Å². The van der Waals surface area contributed by atoms with Crippen molar-refractivity contribution in [1.82, 2.24) is 0 Å². The van der Waals surface area contributed by atoms with Crippen molar-refractivity contribution in [3.63, 3.8) is 0 Å². The number of halogens is 6. The zero-order valence-electron chi connectivity index (χ0n) is 15.1. The molecule has 0 atom stereocenters. The first-order chi connectivity index (χ1) is 11.4. The minimum atomic E-state index is -4.72. The average molecular weight is 430 g/mol. The smallest absolute Gasteiger partial charge is 0.382 e. The van der Waals surface area contributed by atoms with Gasteiger partial charge in [0.05, 0.1) is 11.1 Å². The molecule has 2 nitrogen and oxygen atoms in total. The molecule has 0 radical (unpaired) electrons. The van der Waals surface area contributed by atoms with E-state index in [1.165, 1.54) is 0 Å². The molecule has 0 aliphatic heterocycles. The molecule has 0 N–H and O–H groups in total. The number of benzene rings is 1. The van der Waals surface area contributed by atoms with E-state index in [0.29, 0.717) is 0 Å². The van der Waals surface area contributed by atoms with E-state index in [9.17, 15) is 26.3 Å². The van der Waals surface area contributed by atoms with Crippen LogP contribution >= 0.6 is 0 Å². The molecular weight excluding hydrogens is 396 g/mol. The van der Waals surface area contributed by atoms with E-state index in [-0.39, 0.29) is 55.9 Å². The van der Waals surface area contributed by atoms with E-state index in [4.69, 9.17) is 9.47 Å². The van der Waals surface area contributed by atoms with Gasteiger partial charge in [-0.15, -0.1) is 0 Å². The third-order valence-electron chi connectivity index (χ3n) is 2.26. The van der Waals surface area contributed by atoms with Crippen LogP contribution in [-0.2, 0) is 21.8 Å². The van der Waals surface area contributed by atoms with Gasteiger partial charge in [-0.3, -0.25) is 0 Å². The molecule has 0 bridgehead atoms. The molecule has 0 saturated carbocycles. The first-order valence-corrected chi connectivity index (χ1v) is 7.35. The molecule has 0 unspecified atom stereocenters. The molecule has 0 heterocycles. The van der Waals surface area contributed by atoms with Gasteiger partial charge >= 0.3 is 41.9 Å². The molecule has 0 aliphatic rings. The Balaban J connectivity index is -0.000000115. The SMILES string of the molecule is C.C.CCOCC.CCOCC.[BH3-]c1cc(C(F)(F)F)cc(C(F)(F)F)c1.[Na+]. The second-order valence-electron chi connectivity index (χ2n) is 4.07. The van der Waals surface area contributed by atoms with Crippen LogP contribution in [0, 0.1) is 0 Å². The Morgan fingerprint density at radius 3 is 1.07 bits per heavy atom. The summed E-state index contributed by atoms with van der Waals surface area (Å²) in [5, 5.41) is 0. The Hall–Kier alpha value is -0.215. The maximum absolute atomic E-state index is 12.2. The molecular formula is C18H34BF6NaO2. The standard InChI is InChI=1S/C8H6BF6.2C4H10O.2CH4.Na/c9-6-2-4(7(10,11)12)1-5(3-6)8(13,14)15;2*1-3-5-4-2;;;/h1-3H,9H3;2*3-4H2,1-2H3;2*1H4;/q-1;;;;;+1. The molecule has 0 aliphatic carbocycles. The van der Waals surface area contributed by atoms with E-state index < -0.39 is 31.3 Å². The first-order valence-electron chi connectivity index (χ1n) is 7.35. The maximum atomic E-state index is 12.2. The minimum Gasteiger partial charge on any atom is -0.382 e. The Morgan fingerprint density at radius 1 is 0.679 bits per heavy atom. The fourth-order valence-electron chi connectivity index (χ4n) is 1.21. The number of alkyl halides is 6. The van der Waals surface area contributed by atoms with Gasteiger partial charge in [0.1, 0.15) is 0 Å².